The minimum atomic E-state index is -0.286. The molecule has 1 N–H and O–H groups in total. The molecule has 0 spiro atoms. The number of hydrogen-bond donors (Lipinski definition) is 1. The van der Waals surface area contributed by atoms with Crippen molar-refractivity contribution in [3.05, 3.63) is 81.3 Å². The fourth-order valence-corrected chi connectivity index (χ4v) is 4.09. The van der Waals surface area contributed by atoms with E-state index >= 15 is 0 Å². The number of fused-ring (bicyclic) bond motifs is 1. The molecule has 0 saturated carbocycles. The van der Waals surface area contributed by atoms with E-state index in [0.29, 0.717) is 21.4 Å². The third-order valence-corrected chi connectivity index (χ3v) is 5.59. The highest BCUT2D eigenvalue weighted by molar-refractivity contribution is 7.19. The summed E-state index contributed by atoms with van der Waals surface area (Å²) in [7, 11) is 0. The van der Waals surface area contributed by atoms with Crippen LogP contribution in [0.15, 0.2) is 53.3 Å². The molecule has 0 unspecified atom stereocenters. The number of aryl methyl sites for hydroxylation is 3. The molecular formula is C23H22N4O3S. The van der Waals surface area contributed by atoms with E-state index in [4.69, 9.17) is 4.74 Å². The summed E-state index contributed by atoms with van der Waals surface area (Å²) < 4.78 is 6.85. The molecular weight excluding hydrogens is 412 g/mol. The first-order chi connectivity index (χ1) is 14.9. The van der Waals surface area contributed by atoms with Crippen molar-refractivity contribution in [1.29, 1.82) is 0 Å². The average Bonchev–Trinajstić information content (AvgIpc) is 3.15. The number of hydrogen-bond acceptors (Lipinski definition) is 6. The van der Waals surface area contributed by atoms with Crippen molar-refractivity contribution >= 4 is 22.2 Å². The predicted molar refractivity (Wildman–Crippen MR) is 121 cm³/mol. The first-order valence-corrected chi connectivity index (χ1v) is 10.6. The van der Waals surface area contributed by atoms with Crippen molar-refractivity contribution in [2.75, 3.05) is 6.61 Å². The van der Waals surface area contributed by atoms with Crippen molar-refractivity contribution in [2.45, 2.75) is 27.3 Å². The summed E-state index contributed by atoms with van der Waals surface area (Å²) >= 11 is 1.33. The Kier molecular flexibility index (Phi) is 5.81. The van der Waals surface area contributed by atoms with Gasteiger partial charge in [-0.15, -0.1) is 0 Å². The zero-order valence-electron chi connectivity index (χ0n) is 17.5. The molecule has 0 aliphatic rings. The van der Waals surface area contributed by atoms with Gasteiger partial charge >= 0.3 is 0 Å². The van der Waals surface area contributed by atoms with E-state index in [9.17, 15) is 9.59 Å². The zero-order chi connectivity index (χ0) is 22.0. The summed E-state index contributed by atoms with van der Waals surface area (Å²) in [6, 6.07) is 15.1. The Morgan fingerprint density at radius 2 is 1.74 bits per heavy atom. The number of nitrogens with one attached hydrogen (secondary N) is 1. The standard InChI is InChI=1S/C23H22N4O3S/c1-14-4-6-17(7-5-14)22-26-27-21(29)11-18(25-23(27)31-22)12-24-20(28)13-30-19-9-15(2)8-16(3)10-19/h4-11H,12-13H2,1-3H3,(H,24,28). The summed E-state index contributed by atoms with van der Waals surface area (Å²) in [6.07, 6.45) is 0. The molecule has 158 valence electrons. The summed E-state index contributed by atoms with van der Waals surface area (Å²) in [6.45, 7) is 6.00. The topological polar surface area (TPSA) is 85.6 Å². The van der Waals surface area contributed by atoms with Crippen LogP contribution in [-0.2, 0) is 11.3 Å². The summed E-state index contributed by atoms with van der Waals surface area (Å²) in [5.41, 5.74) is 4.42. The minimum absolute atomic E-state index is 0.109. The first kappa shape index (κ1) is 20.7. The quantitative estimate of drug-likeness (QED) is 0.502. The Bertz CT molecular complexity index is 1290. The largest absolute Gasteiger partial charge is 0.484 e. The van der Waals surface area contributed by atoms with Gasteiger partial charge in [-0.25, -0.2) is 4.98 Å². The van der Waals surface area contributed by atoms with Gasteiger partial charge in [0.15, 0.2) is 6.61 Å². The number of benzene rings is 2. The molecule has 2 aromatic carbocycles. The van der Waals surface area contributed by atoms with Gasteiger partial charge in [-0.1, -0.05) is 47.2 Å². The van der Waals surface area contributed by atoms with Gasteiger partial charge in [-0.05, 0) is 44.0 Å². The van der Waals surface area contributed by atoms with Crippen molar-refractivity contribution in [1.82, 2.24) is 19.9 Å². The number of aromatic nitrogens is 3. The molecule has 0 radical (unpaired) electrons. The molecule has 0 bridgehead atoms. The van der Waals surface area contributed by atoms with Crippen LogP contribution in [-0.4, -0.2) is 27.1 Å². The summed E-state index contributed by atoms with van der Waals surface area (Å²) in [5, 5.41) is 7.84. The van der Waals surface area contributed by atoms with Gasteiger partial charge in [0.1, 0.15) is 10.8 Å². The Balaban J connectivity index is 1.43. The Morgan fingerprint density at radius 3 is 2.45 bits per heavy atom. The predicted octanol–water partition coefficient (Wildman–Crippen LogP) is 3.44. The lowest BCUT2D eigenvalue weighted by molar-refractivity contribution is -0.123. The van der Waals surface area contributed by atoms with Crippen LogP contribution >= 0.6 is 11.3 Å². The van der Waals surface area contributed by atoms with E-state index in [1.807, 2.05) is 63.2 Å². The third kappa shape index (κ3) is 4.97. The van der Waals surface area contributed by atoms with Crippen LogP contribution in [0.5, 0.6) is 5.75 Å². The van der Waals surface area contributed by atoms with Gasteiger partial charge < -0.3 is 10.1 Å². The van der Waals surface area contributed by atoms with E-state index in [1.54, 1.807) is 0 Å². The second-order valence-electron chi connectivity index (χ2n) is 7.44. The van der Waals surface area contributed by atoms with Gasteiger partial charge in [0, 0.05) is 11.6 Å². The van der Waals surface area contributed by atoms with Gasteiger partial charge in [0.05, 0.1) is 12.2 Å². The summed E-state index contributed by atoms with van der Waals surface area (Å²) in [4.78, 5) is 29.6. The van der Waals surface area contributed by atoms with E-state index in [-0.39, 0.29) is 24.6 Å². The molecule has 7 nitrogen and oxygen atoms in total. The maximum Gasteiger partial charge on any atom is 0.275 e. The Morgan fingerprint density at radius 1 is 1.03 bits per heavy atom. The number of nitrogens with zero attached hydrogens (tertiary/aromatic N) is 3. The molecule has 0 saturated heterocycles. The normalized spacial score (nSPS) is 10.9. The van der Waals surface area contributed by atoms with E-state index in [2.05, 4.69) is 15.4 Å². The lowest BCUT2D eigenvalue weighted by atomic mass is 10.1. The molecule has 0 aliphatic carbocycles. The molecule has 2 aromatic heterocycles. The molecule has 8 heteroatoms. The number of ether oxygens (including phenoxy) is 1. The lowest BCUT2D eigenvalue weighted by Gasteiger charge is -2.09. The van der Waals surface area contributed by atoms with Gasteiger partial charge in [-0.3, -0.25) is 9.59 Å². The number of rotatable bonds is 6. The van der Waals surface area contributed by atoms with Crippen molar-refractivity contribution in [3.63, 3.8) is 0 Å². The SMILES string of the molecule is Cc1ccc(-c2nn3c(=O)cc(CNC(=O)COc4cc(C)cc(C)c4)nc3s2)cc1. The van der Waals surface area contributed by atoms with Gasteiger partial charge in [0.2, 0.25) is 4.96 Å². The van der Waals surface area contributed by atoms with Crippen LogP contribution in [0.25, 0.3) is 15.5 Å². The lowest BCUT2D eigenvalue weighted by Crippen LogP contribution is -2.29. The Hall–Kier alpha value is -3.52. The van der Waals surface area contributed by atoms with Crippen LogP contribution < -0.4 is 15.6 Å². The van der Waals surface area contributed by atoms with Crippen molar-refractivity contribution in [3.8, 4) is 16.3 Å². The van der Waals surface area contributed by atoms with Crippen LogP contribution in [0.2, 0.25) is 0 Å². The van der Waals surface area contributed by atoms with E-state index < -0.39 is 0 Å². The van der Waals surface area contributed by atoms with Crippen LogP contribution in [0.3, 0.4) is 0 Å². The van der Waals surface area contributed by atoms with Gasteiger partial charge in [-0.2, -0.15) is 9.61 Å². The molecule has 31 heavy (non-hydrogen) atoms. The second kappa shape index (κ2) is 8.69. The maximum absolute atomic E-state index is 12.4. The number of carbonyl (C=O) groups excluding carboxylic acids is 1. The second-order valence-corrected chi connectivity index (χ2v) is 8.40. The van der Waals surface area contributed by atoms with E-state index in [0.717, 1.165) is 22.3 Å². The molecule has 4 aromatic rings. The molecule has 0 fully saturated rings. The fraction of sp³-hybridized carbons (Fsp3) is 0.217. The maximum atomic E-state index is 12.4. The van der Waals surface area contributed by atoms with Crippen molar-refractivity contribution < 1.29 is 9.53 Å². The van der Waals surface area contributed by atoms with E-state index in [1.165, 1.54) is 21.9 Å². The first-order valence-electron chi connectivity index (χ1n) is 9.82. The Labute approximate surface area is 183 Å². The van der Waals surface area contributed by atoms with Crippen LogP contribution in [0, 0.1) is 20.8 Å². The van der Waals surface area contributed by atoms with Crippen LogP contribution in [0.1, 0.15) is 22.4 Å². The molecule has 1 amide bonds. The molecule has 0 aliphatic heterocycles. The van der Waals surface area contributed by atoms with Crippen molar-refractivity contribution in [2.24, 2.45) is 0 Å². The molecule has 2 heterocycles. The smallest absolute Gasteiger partial charge is 0.275 e. The van der Waals surface area contributed by atoms with Crippen LogP contribution in [0.4, 0.5) is 0 Å². The monoisotopic (exact) mass is 434 g/mol. The van der Waals surface area contributed by atoms with Gasteiger partial charge in [0.25, 0.3) is 11.5 Å². The third-order valence-electron chi connectivity index (χ3n) is 4.63. The summed E-state index contributed by atoms with van der Waals surface area (Å²) in [5.74, 6) is 0.365. The highest BCUT2D eigenvalue weighted by Gasteiger charge is 2.11. The minimum Gasteiger partial charge on any atom is -0.484 e. The fourth-order valence-electron chi connectivity index (χ4n) is 3.16. The highest BCUT2D eigenvalue weighted by Crippen LogP contribution is 2.24. The average molecular weight is 435 g/mol. The number of amides is 1. The number of carbonyl (C=O) groups is 1. The highest BCUT2D eigenvalue weighted by atomic mass is 32.1. The zero-order valence-corrected chi connectivity index (χ0v) is 18.3. The molecule has 4 rings (SSSR count). The molecule has 0 atom stereocenters.